The molecule has 0 aliphatic heterocycles. The Balaban J connectivity index is 1.99. The quantitative estimate of drug-likeness (QED) is 0.0377. The maximum Gasteiger partial charge on any atom is 0.326 e. The molecule has 0 aliphatic rings. The first kappa shape index (κ1) is 71.9. The third kappa shape index (κ3) is 23.2. The van der Waals surface area contributed by atoms with Gasteiger partial charge in [0.1, 0.15) is 42.6 Å². The Morgan fingerprint density at radius 2 is 1.36 bits per heavy atom. The highest BCUT2D eigenvalue weighted by atomic mass is 19.1. The molecule has 1 heterocycles. The van der Waals surface area contributed by atoms with Gasteiger partial charge < -0.3 is 67.5 Å². The molecule has 1 unspecified atom stereocenters. The van der Waals surface area contributed by atoms with E-state index >= 15 is 4.39 Å². The number of aliphatic carboxylic acids is 1. The Bertz CT molecular complexity index is 2760. The lowest BCUT2D eigenvalue weighted by molar-refractivity contribution is -0.142. The molecular weight excluding hydrogens is 1110 g/mol. The van der Waals surface area contributed by atoms with Crippen LogP contribution in [0.3, 0.4) is 0 Å². The van der Waals surface area contributed by atoms with Crippen LogP contribution in [0.4, 0.5) is 8.78 Å². The fourth-order valence-corrected chi connectivity index (χ4v) is 9.46. The molecule has 0 bridgehead atoms. The fourth-order valence-electron chi connectivity index (χ4n) is 9.46. The maximum absolute atomic E-state index is 15.5. The average Bonchev–Trinajstić information content (AvgIpc) is 2.02. The number of carboxylic acids is 1. The minimum Gasteiger partial charge on any atom is -0.480 e. The van der Waals surface area contributed by atoms with Crippen molar-refractivity contribution in [1.82, 2.24) is 46.3 Å². The van der Waals surface area contributed by atoms with Crippen LogP contribution in [-0.4, -0.2) is 162 Å². The van der Waals surface area contributed by atoms with Crippen molar-refractivity contribution in [1.29, 1.82) is 0 Å². The van der Waals surface area contributed by atoms with E-state index in [9.17, 15) is 68.0 Å². The first-order valence-corrected chi connectivity index (χ1v) is 28.6. The van der Waals surface area contributed by atoms with Gasteiger partial charge in [0.05, 0.1) is 30.1 Å². The number of aliphatic hydroxyl groups is 3. The molecule has 1 aromatic heterocycles. The molecule has 0 aliphatic carbocycles. The number of halogens is 2. The van der Waals surface area contributed by atoms with Crippen molar-refractivity contribution in [2.24, 2.45) is 11.1 Å². The van der Waals surface area contributed by atoms with Gasteiger partial charge in [0.15, 0.2) is 0 Å². The molecule has 3 rings (SSSR count). The summed E-state index contributed by atoms with van der Waals surface area (Å²) in [4.78, 5) is 122. The summed E-state index contributed by atoms with van der Waals surface area (Å²) in [5, 5.41) is 57.2. The highest BCUT2D eigenvalue weighted by Gasteiger charge is 2.39. The SMILES string of the molecule is CCC(C)(CC)NC(=O)CCCC(=O)N[C@@H](C)C(O)N(C)[C@@H](C)C(=O)N[C@@H](CC(N)=O)C(=O)N[C@@H](CCN(C(=O)CO)[C@@H](c1cc(-c2cc(F)ccc2F)cn1Cc1ccccc1)C(C)(C)C)C(=O)NCCC(=O)N[C@H](CCC(C)(C)O)C(=O)O. The molecule has 0 saturated heterocycles. The third-order valence-electron chi connectivity index (χ3n) is 14.9. The summed E-state index contributed by atoms with van der Waals surface area (Å²) in [5.74, 6) is -9.14. The molecule has 0 fully saturated rings. The topological polar surface area (TPSA) is 344 Å². The number of likely N-dealkylation sites (N-methyl/N-ethyl adjacent to an activating group) is 1. The number of carbonyl (C=O) groups excluding carboxylic acids is 8. The highest BCUT2D eigenvalue weighted by molar-refractivity contribution is 5.95. The van der Waals surface area contributed by atoms with E-state index in [1.165, 1.54) is 44.5 Å². The lowest BCUT2D eigenvalue weighted by Gasteiger charge is -2.41. The van der Waals surface area contributed by atoms with E-state index in [0.717, 1.165) is 36.6 Å². The molecule has 0 spiro atoms. The second-order valence-corrected chi connectivity index (χ2v) is 23.6. The van der Waals surface area contributed by atoms with Crippen LogP contribution in [0.2, 0.25) is 0 Å². The van der Waals surface area contributed by atoms with Crippen LogP contribution < -0.4 is 37.6 Å². The first-order valence-electron chi connectivity index (χ1n) is 28.6. The van der Waals surface area contributed by atoms with Crippen LogP contribution in [0, 0.1) is 17.0 Å². The number of rotatable bonds is 35. The average molecular weight is 1200 g/mol. The van der Waals surface area contributed by atoms with Gasteiger partial charge in [-0.05, 0) is 115 Å². The molecular formula is C60H90F2N10O13. The highest BCUT2D eigenvalue weighted by Crippen LogP contribution is 2.41. The number of nitrogens with zero attached hydrogens (tertiary/aromatic N) is 3. The lowest BCUT2D eigenvalue weighted by atomic mass is 9.82. The molecule has 25 heteroatoms. The van der Waals surface area contributed by atoms with Gasteiger partial charge in [0, 0.05) is 67.5 Å². The molecule has 23 nitrogen and oxygen atoms in total. The van der Waals surface area contributed by atoms with Gasteiger partial charge in [0.2, 0.25) is 47.3 Å². The van der Waals surface area contributed by atoms with Gasteiger partial charge in [-0.3, -0.25) is 43.3 Å². The number of nitrogens with one attached hydrogen (secondary N) is 6. The van der Waals surface area contributed by atoms with Crippen LogP contribution in [0.25, 0.3) is 11.1 Å². The van der Waals surface area contributed by atoms with Crippen LogP contribution in [-0.2, 0) is 49.7 Å². The van der Waals surface area contributed by atoms with Crippen molar-refractivity contribution >= 4 is 53.2 Å². The molecule has 3 aromatic rings. The van der Waals surface area contributed by atoms with Crippen LogP contribution in [0.1, 0.15) is 151 Å². The lowest BCUT2D eigenvalue weighted by Crippen LogP contribution is -2.59. The Labute approximate surface area is 496 Å². The number of hydrogen-bond donors (Lipinski definition) is 11. The van der Waals surface area contributed by atoms with Crippen molar-refractivity contribution in [3.05, 3.63) is 83.7 Å². The largest absolute Gasteiger partial charge is 0.480 e. The van der Waals surface area contributed by atoms with E-state index < -0.39 is 151 Å². The van der Waals surface area contributed by atoms with E-state index in [2.05, 4.69) is 31.9 Å². The number of aliphatic hydroxyl groups excluding tert-OH is 2. The first-order chi connectivity index (χ1) is 39.6. The van der Waals surface area contributed by atoms with E-state index in [0.29, 0.717) is 5.69 Å². The summed E-state index contributed by atoms with van der Waals surface area (Å²) >= 11 is 0. The molecule has 85 heavy (non-hydrogen) atoms. The number of nitrogens with two attached hydrogens (primary N) is 1. The predicted molar refractivity (Wildman–Crippen MR) is 313 cm³/mol. The van der Waals surface area contributed by atoms with E-state index in [-0.39, 0.29) is 61.2 Å². The van der Waals surface area contributed by atoms with Gasteiger partial charge in [-0.25, -0.2) is 13.6 Å². The van der Waals surface area contributed by atoms with Gasteiger partial charge in [-0.15, -0.1) is 0 Å². The van der Waals surface area contributed by atoms with Gasteiger partial charge in [-0.1, -0.05) is 65.0 Å². The molecule has 7 atom stereocenters. The molecule has 0 saturated carbocycles. The Morgan fingerprint density at radius 3 is 1.94 bits per heavy atom. The summed E-state index contributed by atoms with van der Waals surface area (Å²) in [6.07, 6.45) is 0.0407. The summed E-state index contributed by atoms with van der Waals surface area (Å²) in [5.41, 5.74) is 4.42. The number of carboxylic acid groups (broad SMARTS) is 1. The summed E-state index contributed by atoms with van der Waals surface area (Å²) in [6.45, 7) is 15.4. The van der Waals surface area contributed by atoms with Crippen LogP contribution >= 0.6 is 0 Å². The van der Waals surface area contributed by atoms with E-state index in [4.69, 9.17) is 5.73 Å². The van der Waals surface area contributed by atoms with Gasteiger partial charge >= 0.3 is 5.97 Å². The standard InChI is InChI=1S/C60H90F2N10O13/c1-12-60(10,13-2)69-50(77)21-17-20-48(75)65-36(3)56(82)70(11)37(4)53(79)68-45(32-47(63)74)55(81)67-43(54(80)64-28-25-49(76)66-44(57(83)84)24-27-59(8,9)85)26-29-72(51(78)35-73)52(58(5,6)7)46-30-39(41-31-40(61)22-23-42(41)62)34-71(46)33-38-18-15-14-16-19-38/h14-16,18-19,22-23,30-31,34,36-37,43-45,52,56,73,82,85H,12-13,17,20-21,24-29,32-33,35H2,1-11H3,(H2,63,74)(H,64,80)(H,65,75)(H,66,76)(H,67,81)(H,68,79)(H,69,77)(H,83,84)/t36-,37-,43-,44+,45-,52-,56?/m0/s1. The Hall–Kier alpha value is -7.35. The molecule has 472 valence electrons. The number of amides is 8. The number of aromatic nitrogens is 1. The van der Waals surface area contributed by atoms with Gasteiger partial charge in [0.25, 0.3) is 0 Å². The predicted octanol–water partition coefficient (Wildman–Crippen LogP) is 3.26. The number of hydrogen-bond acceptors (Lipinski definition) is 13. The van der Waals surface area contributed by atoms with Crippen molar-refractivity contribution in [2.75, 3.05) is 26.7 Å². The molecule has 0 radical (unpaired) electrons. The molecule has 8 amide bonds. The summed E-state index contributed by atoms with van der Waals surface area (Å²) < 4.78 is 31.9. The molecule has 2 aromatic carbocycles. The van der Waals surface area contributed by atoms with Crippen molar-refractivity contribution in [3.63, 3.8) is 0 Å². The second kappa shape index (κ2) is 32.8. The number of benzene rings is 2. The van der Waals surface area contributed by atoms with Crippen LogP contribution in [0.5, 0.6) is 0 Å². The smallest absolute Gasteiger partial charge is 0.326 e. The molecule has 12 N–H and O–H groups in total. The maximum atomic E-state index is 15.5. The normalized spacial score (nSPS) is 14.4. The summed E-state index contributed by atoms with van der Waals surface area (Å²) in [6, 6.07) is 5.68. The minimum atomic E-state index is -1.77. The third-order valence-corrected chi connectivity index (χ3v) is 14.9. The minimum absolute atomic E-state index is 0.0238. The van der Waals surface area contributed by atoms with Crippen molar-refractivity contribution < 1.29 is 72.4 Å². The number of carbonyl (C=O) groups is 9. The van der Waals surface area contributed by atoms with Crippen LogP contribution in [0.15, 0.2) is 60.8 Å². The second-order valence-electron chi connectivity index (χ2n) is 23.6. The monoisotopic (exact) mass is 1200 g/mol. The summed E-state index contributed by atoms with van der Waals surface area (Å²) in [7, 11) is 1.37. The zero-order valence-electron chi connectivity index (χ0n) is 50.9. The van der Waals surface area contributed by atoms with Crippen molar-refractivity contribution in [2.45, 2.75) is 194 Å². The van der Waals surface area contributed by atoms with E-state index in [1.54, 1.807) is 37.6 Å². The fraction of sp³-hybridized carbons (Fsp3) is 0.583. The zero-order valence-corrected chi connectivity index (χ0v) is 50.9. The zero-order chi connectivity index (χ0) is 64.1. The van der Waals surface area contributed by atoms with E-state index in [1.807, 2.05) is 51.1 Å². The van der Waals surface area contributed by atoms with Crippen molar-refractivity contribution in [3.8, 4) is 11.1 Å². The van der Waals surface area contributed by atoms with Gasteiger partial charge in [-0.2, -0.15) is 0 Å². The number of primary amides is 1. The Morgan fingerprint density at radius 1 is 0.753 bits per heavy atom. The Kier molecular flexibility index (Phi) is 27.7.